The minimum Gasteiger partial charge on any atom is -0.497 e. The Morgan fingerprint density at radius 2 is 1.93 bits per heavy atom. The van der Waals surface area contributed by atoms with Gasteiger partial charge in [0.25, 0.3) is 0 Å². The molecule has 1 saturated heterocycles. The Kier molecular flexibility index (Phi) is 5.44. The number of nitrogens with zero attached hydrogens (tertiary/aromatic N) is 1. The Labute approximate surface area is 161 Å². The molecule has 2 aromatic rings. The van der Waals surface area contributed by atoms with Crippen molar-refractivity contribution in [3.63, 3.8) is 0 Å². The number of likely N-dealkylation sites (tertiary alicyclic amines) is 1. The molecule has 1 saturated carbocycles. The molecule has 2 aromatic carbocycles. The summed E-state index contributed by atoms with van der Waals surface area (Å²) in [5, 5.41) is 3.13. The second kappa shape index (κ2) is 8.13. The minimum absolute atomic E-state index is 0.0759. The van der Waals surface area contributed by atoms with Gasteiger partial charge in [0.2, 0.25) is 5.91 Å². The van der Waals surface area contributed by atoms with E-state index in [1.165, 1.54) is 24.0 Å². The van der Waals surface area contributed by atoms with Crippen LogP contribution in [0.25, 0.3) is 0 Å². The highest BCUT2D eigenvalue weighted by Crippen LogP contribution is 2.40. The second-order valence-electron chi connectivity index (χ2n) is 7.72. The molecule has 4 nitrogen and oxygen atoms in total. The van der Waals surface area contributed by atoms with E-state index in [1.54, 1.807) is 7.11 Å². The molecule has 1 atom stereocenters. The Bertz CT molecular complexity index is 783. The van der Waals surface area contributed by atoms with Gasteiger partial charge in [-0.2, -0.15) is 0 Å². The molecule has 1 heterocycles. The van der Waals surface area contributed by atoms with Gasteiger partial charge >= 0.3 is 0 Å². The molecule has 1 amide bonds. The number of ether oxygens (including phenoxy) is 1. The zero-order valence-corrected chi connectivity index (χ0v) is 16.0. The molecule has 0 unspecified atom stereocenters. The average molecular weight is 364 g/mol. The van der Waals surface area contributed by atoms with Gasteiger partial charge in [-0.25, -0.2) is 0 Å². The molecule has 4 heteroatoms. The van der Waals surface area contributed by atoms with Gasteiger partial charge in [0.1, 0.15) is 5.75 Å². The lowest BCUT2D eigenvalue weighted by atomic mass is 10.00. The summed E-state index contributed by atoms with van der Waals surface area (Å²) in [7, 11) is 1.69. The molecule has 4 rings (SSSR count). The molecular weight excluding hydrogens is 336 g/mol. The van der Waals surface area contributed by atoms with Crippen LogP contribution in [-0.4, -0.2) is 30.5 Å². The molecule has 0 aromatic heterocycles. The lowest BCUT2D eigenvalue weighted by Crippen LogP contribution is -2.46. The first-order chi connectivity index (χ1) is 13.2. The van der Waals surface area contributed by atoms with Gasteiger partial charge in [-0.15, -0.1) is 0 Å². The third-order valence-electron chi connectivity index (χ3n) is 5.66. The number of rotatable bonds is 6. The molecule has 0 spiro atoms. The number of anilines is 1. The van der Waals surface area contributed by atoms with E-state index in [2.05, 4.69) is 34.5 Å². The molecule has 27 heavy (non-hydrogen) atoms. The van der Waals surface area contributed by atoms with Gasteiger partial charge in [-0.3, -0.25) is 9.69 Å². The van der Waals surface area contributed by atoms with Crippen LogP contribution in [0.15, 0.2) is 48.5 Å². The number of piperidine rings is 1. The highest BCUT2D eigenvalue weighted by atomic mass is 16.5. The van der Waals surface area contributed by atoms with Crippen molar-refractivity contribution >= 4 is 11.6 Å². The first-order valence-corrected chi connectivity index (χ1v) is 10.0. The van der Waals surface area contributed by atoms with Crippen molar-refractivity contribution in [2.45, 2.75) is 50.6 Å². The van der Waals surface area contributed by atoms with Crippen LogP contribution in [0.1, 0.15) is 49.1 Å². The summed E-state index contributed by atoms with van der Waals surface area (Å²) in [5.74, 6) is 1.71. The van der Waals surface area contributed by atoms with Gasteiger partial charge in [0.15, 0.2) is 0 Å². The van der Waals surface area contributed by atoms with Crippen molar-refractivity contribution in [3.8, 4) is 5.75 Å². The molecule has 2 aliphatic rings. The van der Waals surface area contributed by atoms with E-state index in [4.69, 9.17) is 4.74 Å². The maximum Gasteiger partial charge on any atom is 0.241 e. The molecule has 142 valence electrons. The molecule has 1 N–H and O–H groups in total. The minimum atomic E-state index is -0.0759. The SMILES string of the molecule is COc1cccc(CN2CCCC[C@@H]2C(=O)Nc2ccc(C3CC3)cc2)c1. The normalized spacial score (nSPS) is 20.3. The van der Waals surface area contributed by atoms with Crippen LogP contribution in [-0.2, 0) is 11.3 Å². The fourth-order valence-corrected chi connectivity index (χ4v) is 3.96. The van der Waals surface area contributed by atoms with Crippen molar-refractivity contribution < 1.29 is 9.53 Å². The van der Waals surface area contributed by atoms with Crippen molar-refractivity contribution in [1.29, 1.82) is 0 Å². The van der Waals surface area contributed by atoms with E-state index < -0.39 is 0 Å². The number of amides is 1. The van der Waals surface area contributed by atoms with Gasteiger partial charge in [0.05, 0.1) is 13.2 Å². The van der Waals surface area contributed by atoms with Gasteiger partial charge in [0, 0.05) is 12.2 Å². The summed E-state index contributed by atoms with van der Waals surface area (Å²) in [5.41, 5.74) is 3.48. The molecule has 0 radical (unpaired) electrons. The van der Waals surface area contributed by atoms with Crippen molar-refractivity contribution in [3.05, 3.63) is 59.7 Å². The fraction of sp³-hybridized carbons (Fsp3) is 0.435. The Morgan fingerprint density at radius 3 is 2.67 bits per heavy atom. The fourth-order valence-electron chi connectivity index (χ4n) is 3.96. The maximum absolute atomic E-state index is 12.9. The molecule has 1 aliphatic heterocycles. The first kappa shape index (κ1) is 18.1. The molecule has 1 aliphatic carbocycles. The van der Waals surface area contributed by atoms with Crippen LogP contribution in [0.3, 0.4) is 0 Å². The Morgan fingerprint density at radius 1 is 1.11 bits per heavy atom. The van der Waals surface area contributed by atoms with Crippen LogP contribution in [0, 0.1) is 0 Å². The van der Waals surface area contributed by atoms with E-state index in [9.17, 15) is 4.79 Å². The third kappa shape index (κ3) is 4.51. The Balaban J connectivity index is 1.41. The second-order valence-corrected chi connectivity index (χ2v) is 7.72. The van der Waals surface area contributed by atoms with Crippen molar-refractivity contribution in [1.82, 2.24) is 4.90 Å². The lowest BCUT2D eigenvalue weighted by Gasteiger charge is -2.34. The standard InChI is InChI=1S/C23H28N2O2/c1-27-21-6-4-5-17(15-21)16-25-14-3-2-7-22(25)23(26)24-20-12-10-19(11-13-20)18-8-9-18/h4-6,10-13,15,18,22H,2-3,7-9,14,16H2,1H3,(H,24,26)/t22-/m1/s1. The number of hydrogen-bond donors (Lipinski definition) is 1. The van der Waals surface area contributed by atoms with E-state index in [0.717, 1.165) is 49.7 Å². The van der Waals surface area contributed by atoms with E-state index in [1.807, 2.05) is 24.3 Å². The van der Waals surface area contributed by atoms with Gasteiger partial charge in [-0.05, 0) is 73.5 Å². The highest BCUT2D eigenvalue weighted by molar-refractivity contribution is 5.94. The number of nitrogens with one attached hydrogen (secondary N) is 1. The highest BCUT2D eigenvalue weighted by Gasteiger charge is 2.29. The number of methoxy groups -OCH3 is 1. The predicted molar refractivity (Wildman–Crippen MR) is 108 cm³/mol. The van der Waals surface area contributed by atoms with Crippen LogP contribution >= 0.6 is 0 Å². The van der Waals surface area contributed by atoms with Crippen molar-refractivity contribution in [2.75, 3.05) is 19.0 Å². The first-order valence-electron chi connectivity index (χ1n) is 10.0. The summed E-state index contributed by atoms with van der Waals surface area (Å²) in [6.07, 6.45) is 5.76. The van der Waals surface area contributed by atoms with E-state index in [0.29, 0.717) is 0 Å². The smallest absolute Gasteiger partial charge is 0.241 e. The molecule has 2 fully saturated rings. The summed E-state index contributed by atoms with van der Waals surface area (Å²) >= 11 is 0. The van der Waals surface area contributed by atoms with Crippen LogP contribution in [0.2, 0.25) is 0 Å². The number of carbonyl (C=O) groups is 1. The lowest BCUT2D eigenvalue weighted by molar-refractivity contribution is -0.122. The quantitative estimate of drug-likeness (QED) is 0.817. The van der Waals surface area contributed by atoms with Crippen LogP contribution in [0.5, 0.6) is 5.75 Å². The summed E-state index contributed by atoms with van der Waals surface area (Å²) in [4.78, 5) is 15.2. The summed E-state index contributed by atoms with van der Waals surface area (Å²) in [6, 6.07) is 16.4. The Hall–Kier alpha value is -2.33. The number of carbonyl (C=O) groups excluding carboxylic acids is 1. The van der Waals surface area contributed by atoms with Gasteiger partial charge in [-0.1, -0.05) is 30.7 Å². The molecule has 0 bridgehead atoms. The topological polar surface area (TPSA) is 41.6 Å². The van der Waals surface area contributed by atoms with E-state index >= 15 is 0 Å². The summed E-state index contributed by atoms with van der Waals surface area (Å²) in [6.45, 7) is 1.73. The number of hydrogen-bond acceptors (Lipinski definition) is 3. The summed E-state index contributed by atoms with van der Waals surface area (Å²) < 4.78 is 5.33. The van der Waals surface area contributed by atoms with E-state index in [-0.39, 0.29) is 11.9 Å². The van der Waals surface area contributed by atoms with Crippen LogP contribution in [0.4, 0.5) is 5.69 Å². The third-order valence-corrected chi connectivity index (χ3v) is 5.66. The zero-order chi connectivity index (χ0) is 18.6. The largest absolute Gasteiger partial charge is 0.497 e. The maximum atomic E-state index is 12.9. The zero-order valence-electron chi connectivity index (χ0n) is 16.0. The number of benzene rings is 2. The monoisotopic (exact) mass is 364 g/mol. The van der Waals surface area contributed by atoms with Crippen LogP contribution < -0.4 is 10.1 Å². The van der Waals surface area contributed by atoms with Gasteiger partial charge < -0.3 is 10.1 Å². The average Bonchev–Trinajstić information content (AvgIpc) is 3.54. The van der Waals surface area contributed by atoms with Crippen molar-refractivity contribution in [2.24, 2.45) is 0 Å². The molecular formula is C23H28N2O2. The predicted octanol–water partition coefficient (Wildman–Crippen LogP) is 4.57.